The molecule has 8 nitrogen and oxygen atoms in total. The van der Waals surface area contributed by atoms with Crippen LogP contribution in [0.3, 0.4) is 0 Å². The summed E-state index contributed by atoms with van der Waals surface area (Å²) < 4.78 is 11.1. The number of halogens is 1. The monoisotopic (exact) mass is 490 g/mol. The number of carbonyl (C=O) groups excluding carboxylic acids is 2. The van der Waals surface area contributed by atoms with Crippen LogP contribution in [0.25, 0.3) is 10.9 Å². The van der Waals surface area contributed by atoms with Crippen molar-refractivity contribution in [2.45, 2.75) is 0 Å². The Labute approximate surface area is 207 Å². The van der Waals surface area contributed by atoms with Crippen LogP contribution in [0.1, 0.15) is 10.6 Å². The minimum absolute atomic E-state index is 0.103. The summed E-state index contributed by atoms with van der Waals surface area (Å²) in [4.78, 5) is 33.6. The van der Waals surface area contributed by atoms with Crippen molar-refractivity contribution in [3.8, 4) is 5.75 Å². The first-order chi connectivity index (χ1) is 17.1. The molecular weight excluding hydrogens is 468 g/mol. The van der Waals surface area contributed by atoms with Gasteiger partial charge in [-0.15, -0.1) is 0 Å². The molecule has 0 saturated carbocycles. The summed E-state index contributed by atoms with van der Waals surface area (Å²) in [6, 6.07) is 19.8. The first-order valence-corrected chi connectivity index (χ1v) is 11.6. The number of rotatable bonds is 6. The van der Waals surface area contributed by atoms with E-state index in [2.05, 4.69) is 10.2 Å². The van der Waals surface area contributed by atoms with Crippen molar-refractivity contribution in [1.29, 1.82) is 0 Å². The average molecular weight is 491 g/mol. The van der Waals surface area contributed by atoms with Crippen LogP contribution in [-0.2, 0) is 4.79 Å². The summed E-state index contributed by atoms with van der Waals surface area (Å²) in [5, 5.41) is 4.30. The Balaban J connectivity index is 1.24. The van der Waals surface area contributed by atoms with Crippen molar-refractivity contribution in [3.05, 3.63) is 83.8 Å². The van der Waals surface area contributed by atoms with E-state index < -0.39 is 0 Å². The zero-order valence-electron chi connectivity index (χ0n) is 18.8. The molecule has 9 heteroatoms. The number of pyridine rings is 1. The zero-order valence-corrected chi connectivity index (χ0v) is 19.6. The standard InChI is InChI=1S/C26H23ClN4O4/c27-19-7-9-20(10-8-19)28-24(32)17-35-21-4-1-3-18-6-11-23(29-25(18)21)30-12-14-31(15-13-30)26(33)22-5-2-16-34-22/h1-11,16H,12-15,17H2,(H,28,32). The molecule has 0 bridgehead atoms. The third-order valence-corrected chi connectivity index (χ3v) is 6.03. The van der Waals surface area contributed by atoms with Crippen LogP contribution in [0.4, 0.5) is 11.5 Å². The molecule has 0 atom stereocenters. The number of hydrogen-bond acceptors (Lipinski definition) is 6. The molecular formula is C26H23ClN4O4. The summed E-state index contributed by atoms with van der Waals surface area (Å²) in [5.74, 6) is 1.29. The number of furan rings is 1. The predicted molar refractivity (Wildman–Crippen MR) is 134 cm³/mol. The number of ether oxygens (including phenoxy) is 1. The van der Waals surface area contributed by atoms with E-state index in [0.717, 1.165) is 11.2 Å². The second-order valence-corrected chi connectivity index (χ2v) is 8.53. The topological polar surface area (TPSA) is 87.9 Å². The van der Waals surface area contributed by atoms with Crippen molar-refractivity contribution in [2.24, 2.45) is 0 Å². The maximum absolute atomic E-state index is 12.5. The first kappa shape index (κ1) is 22.7. The molecule has 1 fully saturated rings. The maximum atomic E-state index is 12.5. The van der Waals surface area contributed by atoms with Gasteiger partial charge in [0.15, 0.2) is 12.4 Å². The summed E-state index contributed by atoms with van der Waals surface area (Å²) >= 11 is 5.89. The van der Waals surface area contributed by atoms with Crippen molar-refractivity contribution < 1.29 is 18.7 Å². The lowest BCUT2D eigenvalue weighted by Gasteiger charge is -2.35. The van der Waals surface area contributed by atoms with Gasteiger partial charge in [-0.05, 0) is 54.6 Å². The van der Waals surface area contributed by atoms with Crippen LogP contribution in [0.5, 0.6) is 5.75 Å². The molecule has 0 radical (unpaired) electrons. The number of nitrogens with one attached hydrogen (secondary N) is 1. The van der Waals surface area contributed by atoms with Gasteiger partial charge >= 0.3 is 0 Å². The highest BCUT2D eigenvalue weighted by atomic mass is 35.5. The summed E-state index contributed by atoms with van der Waals surface area (Å²) in [6.07, 6.45) is 1.50. The number of aromatic nitrogens is 1. The molecule has 35 heavy (non-hydrogen) atoms. The van der Waals surface area contributed by atoms with Gasteiger partial charge in [0.05, 0.1) is 6.26 Å². The number of piperazine rings is 1. The van der Waals surface area contributed by atoms with Crippen LogP contribution < -0.4 is 15.0 Å². The Bertz CT molecular complexity index is 1330. The zero-order chi connectivity index (χ0) is 24.2. The molecule has 0 unspecified atom stereocenters. The number of fused-ring (bicyclic) bond motifs is 1. The van der Waals surface area contributed by atoms with Gasteiger partial charge in [-0.1, -0.05) is 23.7 Å². The van der Waals surface area contributed by atoms with E-state index in [9.17, 15) is 9.59 Å². The Morgan fingerprint density at radius 1 is 0.971 bits per heavy atom. The van der Waals surface area contributed by atoms with Gasteiger partial charge < -0.3 is 24.3 Å². The molecule has 1 N–H and O–H groups in total. The van der Waals surface area contributed by atoms with Gasteiger partial charge in [-0.3, -0.25) is 9.59 Å². The van der Waals surface area contributed by atoms with E-state index in [-0.39, 0.29) is 18.4 Å². The Morgan fingerprint density at radius 3 is 2.51 bits per heavy atom. The fourth-order valence-corrected chi connectivity index (χ4v) is 4.10. The smallest absolute Gasteiger partial charge is 0.289 e. The van der Waals surface area contributed by atoms with E-state index in [4.69, 9.17) is 25.7 Å². The Hall–Kier alpha value is -4.04. The lowest BCUT2D eigenvalue weighted by molar-refractivity contribution is -0.118. The molecule has 3 heterocycles. The largest absolute Gasteiger partial charge is 0.481 e. The van der Waals surface area contributed by atoms with Crippen molar-refractivity contribution >= 4 is 45.8 Å². The highest BCUT2D eigenvalue weighted by Crippen LogP contribution is 2.27. The molecule has 5 rings (SSSR count). The third kappa shape index (κ3) is 5.22. The fraction of sp³-hybridized carbons (Fsp3) is 0.192. The van der Waals surface area contributed by atoms with E-state index in [0.29, 0.717) is 53.9 Å². The van der Waals surface area contributed by atoms with Gasteiger partial charge in [0.1, 0.15) is 17.1 Å². The molecule has 2 aromatic carbocycles. The molecule has 1 aliphatic heterocycles. The minimum Gasteiger partial charge on any atom is -0.481 e. The highest BCUT2D eigenvalue weighted by Gasteiger charge is 2.24. The summed E-state index contributed by atoms with van der Waals surface area (Å²) in [5.41, 5.74) is 1.32. The fourth-order valence-electron chi connectivity index (χ4n) is 3.97. The molecule has 2 amide bonds. The van der Waals surface area contributed by atoms with E-state index in [1.165, 1.54) is 6.26 Å². The second kappa shape index (κ2) is 10.1. The molecule has 178 valence electrons. The SMILES string of the molecule is O=C(COc1cccc2ccc(N3CCN(C(=O)c4ccco4)CC3)nc12)Nc1ccc(Cl)cc1. The van der Waals surface area contributed by atoms with E-state index >= 15 is 0 Å². The lowest BCUT2D eigenvalue weighted by Crippen LogP contribution is -2.49. The van der Waals surface area contributed by atoms with Gasteiger partial charge in [-0.2, -0.15) is 0 Å². The van der Waals surface area contributed by atoms with Gasteiger partial charge in [0.2, 0.25) is 0 Å². The summed E-state index contributed by atoms with van der Waals surface area (Å²) in [7, 11) is 0. The average Bonchev–Trinajstić information content (AvgIpc) is 3.43. The second-order valence-electron chi connectivity index (χ2n) is 8.10. The van der Waals surface area contributed by atoms with Crippen molar-refractivity contribution in [2.75, 3.05) is 43.0 Å². The third-order valence-electron chi connectivity index (χ3n) is 5.78. The molecule has 0 spiro atoms. The molecule has 2 aromatic heterocycles. The lowest BCUT2D eigenvalue weighted by atomic mass is 10.2. The Morgan fingerprint density at radius 2 is 1.77 bits per heavy atom. The van der Waals surface area contributed by atoms with Crippen LogP contribution in [0, 0.1) is 0 Å². The molecule has 4 aromatic rings. The maximum Gasteiger partial charge on any atom is 0.289 e. The normalized spacial score (nSPS) is 13.6. The first-order valence-electron chi connectivity index (χ1n) is 11.2. The van der Waals surface area contributed by atoms with Crippen LogP contribution in [0.15, 0.2) is 77.4 Å². The number of carbonyl (C=O) groups is 2. The van der Waals surface area contributed by atoms with E-state index in [1.54, 1.807) is 47.4 Å². The Kier molecular flexibility index (Phi) is 6.54. The molecule has 1 saturated heterocycles. The minimum atomic E-state index is -0.280. The number of hydrogen-bond donors (Lipinski definition) is 1. The van der Waals surface area contributed by atoms with Gasteiger partial charge in [0.25, 0.3) is 11.8 Å². The summed E-state index contributed by atoms with van der Waals surface area (Å²) in [6.45, 7) is 2.29. The number of amides is 2. The van der Waals surface area contributed by atoms with Gasteiger partial charge in [-0.25, -0.2) is 4.98 Å². The van der Waals surface area contributed by atoms with Gasteiger partial charge in [0, 0.05) is 42.3 Å². The van der Waals surface area contributed by atoms with Crippen LogP contribution in [-0.4, -0.2) is 54.5 Å². The van der Waals surface area contributed by atoms with E-state index in [1.807, 2.05) is 24.3 Å². The van der Waals surface area contributed by atoms with Crippen molar-refractivity contribution in [1.82, 2.24) is 9.88 Å². The predicted octanol–water partition coefficient (Wildman–Crippen LogP) is 4.46. The quantitative estimate of drug-likeness (QED) is 0.429. The van der Waals surface area contributed by atoms with Crippen molar-refractivity contribution in [3.63, 3.8) is 0 Å². The van der Waals surface area contributed by atoms with Crippen LogP contribution in [0.2, 0.25) is 5.02 Å². The molecule has 1 aliphatic rings. The number of para-hydroxylation sites is 1. The van der Waals surface area contributed by atoms with Crippen LogP contribution >= 0.6 is 11.6 Å². The number of nitrogens with zero attached hydrogens (tertiary/aromatic N) is 3. The highest BCUT2D eigenvalue weighted by molar-refractivity contribution is 6.30. The number of benzene rings is 2. The molecule has 0 aliphatic carbocycles. The number of anilines is 2.